The molecule has 0 saturated heterocycles. The van der Waals surface area contributed by atoms with E-state index < -0.39 is 5.97 Å². The molecule has 1 aromatic heterocycles. The Kier molecular flexibility index (Phi) is 3.89. The number of aryl methyl sites for hydroxylation is 1. The number of halogens is 1. The normalized spacial score (nSPS) is 10.3. The van der Waals surface area contributed by atoms with E-state index in [9.17, 15) is 4.79 Å². The van der Waals surface area contributed by atoms with Gasteiger partial charge in [0.15, 0.2) is 0 Å². The first-order chi connectivity index (χ1) is 8.56. The van der Waals surface area contributed by atoms with E-state index in [1.807, 2.05) is 19.1 Å². The number of carbonyl (C=O) groups is 1. The fraction of sp³-hybridized carbons (Fsp3) is 0.154. The molecule has 2 aromatic rings. The summed E-state index contributed by atoms with van der Waals surface area (Å²) in [5, 5.41) is 12.7. The topological polar surface area (TPSA) is 49.3 Å². The second-order valence-corrected chi connectivity index (χ2v) is 5.67. The number of hydrogen-bond donors (Lipinski definition) is 2. The second kappa shape index (κ2) is 5.42. The van der Waals surface area contributed by atoms with E-state index in [1.54, 1.807) is 23.5 Å². The summed E-state index contributed by atoms with van der Waals surface area (Å²) in [7, 11) is 0. The SMILES string of the molecule is Cc1ccc(CNc2cc(Cl)ccc2C(=O)O)s1. The summed E-state index contributed by atoms with van der Waals surface area (Å²) in [5.74, 6) is -0.962. The molecule has 2 rings (SSSR count). The number of rotatable bonds is 4. The number of carboxylic acid groups (broad SMARTS) is 1. The van der Waals surface area contributed by atoms with Gasteiger partial charge in [-0.25, -0.2) is 4.79 Å². The first-order valence-corrected chi connectivity index (χ1v) is 6.58. The highest BCUT2D eigenvalue weighted by atomic mass is 35.5. The van der Waals surface area contributed by atoms with Crippen LogP contribution in [0.25, 0.3) is 0 Å². The average molecular weight is 282 g/mol. The van der Waals surface area contributed by atoms with Crippen molar-refractivity contribution in [3.05, 3.63) is 50.7 Å². The Morgan fingerprint density at radius 2 is 2.17 bits per heavy atom. The summed E-state index contributed by atoms with van der Waals surface area (Å²) < 4.78 is 0. The largest absolute Gasteiger partial charge is 0.478 e. The van der Waals surface area contributed by atoms with Crippen LogP contribution in [0, 0.1) is 6.92 Å². The van der Waals surface area contributed by atoms with Crippen LogP contribution < -0.4 is 5.32 Å². The summed E-state index contributed by atoms with van der Waals surface area (Å²) in [6.07, 6.45) is 0. The third-order valence-corrected chi connectivity index (χ3v) is 3.70. The van der Waals surface area contributed by atoms with Crippen molar-refractivity contribution < 1.29 is 9.90 Å². The minimum absolute atomic E-state index is 0.229. The van der Waals surface area contributed by atoms with Gasteiger partial charge in [0.2, 0.25) is 0 Å². The smallest absolute Gasteiger partial charge is 0.337 e. The highest BCUT2D eigenvalue weighted by molar-refractivity contribution is 7.11. The minimum Gasteiger partial charge on any atom is -0.478 e. The molecule has 0 saturated carbocycles. The van der Waals surface area contributed by atoms with Gasteiger partial charge < -0.3 is 10.4 Å². The highest BCUT2D eigenvalue weighted by Gasteiger charge is 2.10. The first-order valence-electron chi connectivity index (χ1n) is 5.38. The summed E-state index contributed by atoms with van der Waals surface area (Å²) in [6.45, 7) is 2.63. The molecule has 0 spiro atoms. The van der Waals surface area contributed by atoms with Crippen molar-refractivity contribution in [2.75, 3.05) is 5.32 Å². The molecule has 3 nitrogen and oxygen atoms in total. The zero-order valence-corrected chi connectivity index (χ0v) is 11.3. The number of carboxylic acids is 1. The van der Waals surface area contributed by atoms with Crippen LogP contribution in [-0.4, -0.2) is 11.1 Å². The molecule has 0 fully saturated rings. The molecular weight excluding hydrogens is 270 g/mol. The van der Waals surface area contributed by atoms with E-state index >= 15 is 0 Å². The maximum atomic E-state index is 11.1. The number of nitrogens with one attached hydrogen (secondary N) is 1. The second-order valence-electron chi connectivity index (χ2n) is 3.86. The van der Waals surface area contributed by atoms with Gasteiger partial charge in [-0.15, -0.1) is 11.3 Å². The molecule has 5 heteroatoms. The van der Waals surface area contributed by atoms with E-state index in [0.717, 1.165) is 4.88 Å². The maximum absolute atomic E-state index is 11.1. The zero-order valence-electron chi connectivity index (χ0n) is 9.74. The predicted octanol–water partition coefficient (Wildman–Crippen LogP) is 4.02. The zero-order chi connectivity index (χ0) is 13.1. The Labute approximate surface area is 114 Å². The lowest BCUT2D eigenvalue weighted by molar-refractivity contribution is 0.0698. The van der Waals surface area contributed by atoms with Crippen LogP contribution in [0.2, 0.25) is 5.02 Å². The van der Waals surface area contributed by atoms with E-state index in [1.165, 1.54) is 10.9 Å². The van der Waals surface area contributed by atoms with Gasteiger partial charge in [0.1, 0.15) is 0 Å². The van der Waals surface area contributed by atoms with Crippen LogP contribution in [0.1, 0.15) is 20.1 Å². The van der Waals surface area contributed by atoms with Gasteiger partial charge in [-0.2, -0.15) is 0 Å². The number of thiophene rings is 1. The van der Waals surface area contributed by atoms with Gasteiger partial charge >= 0.3 is 5.97 Å². The van der Waals surface area contributed by atoms with Crippen molar-refractivity contribution in [2.24, 2.45) is 0 Å². The number of benzene rings is 1. The van der Waals surface area contributed by atoms with Crippen molar-refractivity contribution in [3.8, 4) is 0 Å². The Bertz CT molecular complexity index is 580. The van der Waals surface area contributed by atoms with Crippen LogP contribution in [0.5, 0.6) is 0 Å². The van der Waals surface area contributed by atoms with Crippen LogP contribution in [-0.2, 0) is 6.54 Å². The van der Waals surface area contributed by atoms with Gasteiger partial charge in [-0.05, 0) is 37.3 Å². The fourth-order valence-electron chi connectivity index (χ4n) is 1.61. The Balaban J connectivity index is 2.17. The Morgan fingerprint density at radius 3 is 2.78 bits per heavy atom. The van der Waals surface area contributed by atoms with Gasteiger partial charge in [-0.1, -0.05) is 11.6 Å². The summed E-state index contributed by atoms with van der Waals surface area (Å²) in [6, 6.07) is 8.78. The van der Waals surface area contributed by atoms with E-state index in [4.69, 9.17) is 16.7 Å². The van der Waals surface area contributed by atoms with Crippen LogP contribution in [0.3, 0.4) is 0 Å². The lowest BCUT2D eigenvalue weighted by Gasteiger charge is -2.09. The van der Waals surface area contributed by atoms with E-state index in [2.05, 4.69) is 5.32 Å². The molecular formula is C13H12ClNO2S. The summed E-state index contributed by atoms with van der Waals surface area (Å²) >= 11 is 7.56. The molecule has 0 aliphatic rings. The molecule has 18 heavy (non-hydrogen) atoms. The van der Waals surface area contributed by atoms with Gasteiger partial charge in [0.25, 0.3) is 0 Å². The van der Waals surface area contributed by atoms with E-state index in [-0.39, 0.29) is 5.56 Å². The van der Waals surface area contributed by atoms with Crippen molar-refractivity contribution in [3.63, 3.8) is 0 Å². The maximum Gasteiger partial charge on any atom is 0.337 e. The van der Waals surface area contributed by atoms with Crippen LogP contribution in [0.4, 0.5) is 5.69 Å². The summed E-state index contributed by atoms with van der Waals surface area (Å²) in [4.78, 5) is 13.5. The number of aromatic carboxylic acids is 1. The van der Waals surface area contributed by atoms with Crippen molar-refractivity contribution in [2.45, 2.75) is 13.5 Å². The van der Waals surface area contributed by atoms with Crippen LogP contribution in [0.15, 0.2) is 30.3 Å². The highest BCUT2D eigenvalue weighted by Crippen LogP contribution is 2.23. The van der Waals surface area contributed by atoms with Crippen molar-refractivity contribution in [1.29, 1.82) is 0 Å². The molecule has 0 bridgehead atoms. The van der Waals surface area contributed by atoms with Crippen molar-refractivity contribution >= 4 is 34.6 Å². The minimum atomic E-state index is -0.962. The fourth-order valence-corrected chi connectivity index (χ4v) is 2.61. The third-order valence-electron chi connectivity index (χ3n) is 2.46. The van der Waals surface area contributed by atoms with E-state index in [0.29, 0.717) is 17.3 Å². The summed E-state index contributed by atoms with van der Waals surface area (Å²) in [5.41, 5.74) is 0.772. The molecule has 0 aliphatic carbocycles. The lowest BCUT2D eigenvalue weighted by atomic mass is 10.2. The van der Waals surface area contributed by atoms with Crippen LogP contribution >= 0.6 is 22.9 Å². The van der Waals surface area contributed by atoms with Gasteiger partial charge in [-0.3, -0.25) is 0 Å². The molecule has 94 valence electrons. The standard InChI is InChI=1S/C13H12ClNO2S/c1-8-2-4-10(18-8)7-15-12-6-9(14)3-5-11(12)13(16)17/h2-6,15H,7H2,1H3,(H,16,17). The first kappa shape index (κ1) is 12.9. The monoisotopic (exact) mass is 281 g/mol. The molecule has 0 aliphatic heterocycles. The number of hydrogen-bond acceptors (Lipinski definition) is 3. The molecule has 0 atom stereocenters. The molecule has 1 heterocycles. The van der Waals surface area contributed by atoms with Gasteiger partial charge in [0, 0.05) is 21.3 Å². The predicted molar refractivity (Wildman–Crippen MR) is 74.8 cm³/mol. The third kappa shape index (κ3) is 3.03. The van der Waals surface area contributed by atoms with Crippen molar-refractivity contribution in [1.82, 2.24) is 0 Å². The lowest BCUT2D eigenvalue weighted by Crippen LogP contribution is -2.05. The molecule has 0 unspecified atom stereocenters. The Hall–Kier alpha value is -1.52. The van der Waals surface area contributed by atoms with Gasteiger partial charge in [0.05, 0.1) is 11.3 Å². The number of anilines is 1. The molecule has 0 radical (unpaired) electrons. The molecule has 0 amide bonds. The molecule has 1 aromatic carbocycles. The average Bonchev–Trinajstić information content (AvgIpc) is 2.72. The quantitative estimate of drug-likeness (QED) is 0.890. The Morgan fingerprint density at radius 1 is 1.39 bits per heavy atom. The molecule has 2 N–H and O–H groups in total.